The monoisotopic (exact) mass is 242 g/mol. The third-order valence-electron chi connectivity index (χ3n) is 3.52. The summed E-state index contributed by atoms with van der Waals surface area (Å²) in [5, 5.41) is 1.36. The molecule has 1 fully saturated rings. The number of hydrogen-bond acceptors (Lipinski definition) is 3. The van der Waals surface area contributed by atoms with Crippen molar-refractivity contribution in [1.29, 1.82) is 0 Å². The molecule has 100 valence electrons. The third-order valence-corrected chi connectivity index (χ3v) is 3.52. The zero-order valence-electron chi connectivity index (χ0n) is 11.4. The van der Waals surface area contributed by atoms with Crippen LogP contribution in [0.3, 0.4) is 0 Å². The number of likely N-dealkylation sites (tertiary alicyclic amines) is 1. The van der Waals surface area contributed by atoms with E-state index in [-0.39, 0.29) is 11.8 Å². The van der Waals surface area contributed by atoms with Crippen LogP contribution < -0.4 is 0 Å². The molecule has 1 amide bonds. The first kappa shape index (κ1) is 14.5. The van der Waals surface area contributed by atoms with Gasteiger partial charge in [0.25, 0.3) is 0 Å². The lowest BCUT2D eigenvalue weighted by atomic mass is 9.97. The number of hydroxylamine groups is 2. The van der Waals surface area contributed by atoms with E-state index < -0.39 is 0 Å². The van der Waals surface area contributed by atoms with E-state index in [0.29, 0.717) is 0 Å². The number of amides is 1. The van der Waals surface area contributed by atoms with Gasteiger partial charge in [0.05, 0.1) is 13.0 Å². The summed E-state index contributed by atoms with van der Waals surface area (Å²) in [5.74, 6) is 0.239. The van der Waals surface area contributed by atoms with Crippen LogP contribution in [0.15, 0.2) is 0 Å². The van der Waals surface area contributed by atoms with Crippen LogP contribution >= 0.6 is 0 Å². The molecule has 1 aliphatic heterocycles. The van der Waals surface area contributed by atoms with E-state index >= 15 is 0 Å². The Hall–Kier alpha value is -0.610. The summed E-state index contributed by atoms with van der Waals surface area (Å²) < 4.78 is 0. The number of carbonyl (C=O) groups is 1. The van der Waals surface area contributed by atoms with Crippen molar-refractivity contribution in [2.45, 2.75) is 39.0 Å². The van der Waals surface area contributed by atoms with Gasteiger partial charge in [0.2, 0.25) is 5.91 Å². The summed E-state index contributed by atoms with van der Waals surface area (Å²) in [6.45, 7) is 5.39. The van der Waals surface area contributed by atoms with Gasteiger partial charge in [-0.25, -0.2) is 5.06 Å². The highest BCUT2D eigenvalue weighted by Gasteiger charge is 2.27. The Morgan fingerprint density at radius 3 is 2.88 bits per heavy atom. The summed E-state index contributed by atoms with van der Waals surface area (Å²) >= 11 is 0. The van der Waals surface area contributed by atoms with Crippen LogP contribution in [0.4, 0.5) is 0 Å². The summed E-state index contributed by atoms with van der Waals surface area (Å²) in [7, 11) is 3.23. The van der Waals surface area contributed by atoms with E-state index in [1.165, 1.54) is 24.3 Å². The van der Waals surface area contributed by atoms with Gasteiger partial charge >= 0.3 is 0 Å². The average Bonchev–Trinajstić information content (AvgIpc) is 2.37. The molecule has 0 aromatic rings. The van der Waals surface area contributed by atoms with Crippen LogP contribution in [-0.4, -0.2) is 49.7 Å². The van der Waals surface area contributed by atoms with Crippen molar-refractivity contribution in [3.8, 4) is 0 Å². The quantitative estimate of drug-likeness (QED) is 0.527. The number of carbonyl (C=O) groups excluding carboxylic acids is 1. The molecule has 0 aliphatic carbocycles. The summed E-state index contributed by atoms with van der Waals surface area (Å²) in [4.78, 5) is 19.4. The molecule has 17 heavy (non-hydrogen) atoms. The number of nitrogens with zero attached hydrogens (tertiary/aromatic N) is 2. The molecule has 0 spiro atoms. The Bertz CT molecular complexity index is 233. The second kappa shape index (κ2) is 7.67. The van der Waals surface area contributed by atoms with E-state index in [2.05, 4.69) is 11.8 Å². The Labute approximate surface area is 105 Å². The van der Waals surface area contributed by atoms with E-state index in [1.54, 1.807) is 14.2 Å². The van der Waals surface area contributed by atoms with Crippen molar-refractivity contribution < 1.29 is 9.63 Å². The molecule has 4 nitrogen and oxygen atoms in total. The molecule has 0 N–H and O–H groups in total. The Morgan fingerprint density at radius 1 is 1.47 bits per heavy atom. The smallest absolute Gasteiger partial charge is 0.250 e. The molecule has 0 bridgehead atoms. The summed E-state index contributed by atoms with van der Waals surface area (Å²) in [5.41, 5.74) is 0. The highest BCUT2D eigenvalue weighted by molar-refractivity contribution is 5.77. The van der Waals surface area contributed by atoms with Gasteiger partial charge in [-0.3, -0.25) is 9.63 Å². The van der Waals surface area contributed by atoms with Crippen molar-refractivity contribution in [2.24, 2.45) is 5.92 Å². The topological polar surface area (TPSA) is 32.8 Å². The van der Waals surface area contributed by atoms with Crippen LogP contribution in [0.1, 0.15) is 39.0 Å². The third kappa shape index (κ3) is 4.64. The van der Waals surface area contributed by atoms with Gasteiger partial charge < -0.3 is 4.90 Å². The molecule has 0 radical (unpaired) electrons. The SMILES string of the molecule is CCCCCN1CCCC(C(=O)N(C)OC)C1. The highest BCUT2D eigenvalue weighted by Crippen LogP contribution is 2.19. The summed E-state index contributed by atoms with van der Waals surface area (Å²) in [6.07, 6.45) is 5.91. The normalized spacial score (nSPS) is 21.5. The fourth-order valence-corrected chi connectivity index (χ4v) is 2.39. The van der Waals surface area contributed by atoms with Gasteiger partial charge in [-0.2, -0.15) is 0 Å². The van der Waals surface area contributed by atoms with Crippen molar-refractivity contribution >= 4 is 5.91 Å². The lowest BCUT2D eigenvalue weighted by Gasteiger charge is -2.33. The van der Waals surface area contributed by atoms with Gasteiger partial charge in [-0.15, -0.1) is 0 Å². The van der Waals surface area contributed by atoms with Gasteiger partial charge in [-0.1, -0.05) is 19.8 Å². The maximum Gasteiger partial charge on any atom is 0.250 e. The number of unbranched alkanes of at least 4 members (excludes halogenated alkanes) is 2. The van der Waals surface area contributed by atoms with E-state index in [4.69, 9.17) is 4.84 Å². The number of hydrogen-bond donors (Lipinski definition) is 0. The first-order valence-electron chi connectivity index (χ1n) is 6.73. The van der Waals surface area contributed by atoms with E-state index in [1.807, 2.05) is 0 Å². The van der Waals surface area contributed by atoms with Crippen molar-refractivity contribution in [1.82, 2.24) is 9.96 Å². The lowest BCUT2D eigenvalue weighted by Crippen LogP contribution is -2.43. The molecule has 4 heteroatoms. The standard InChI is InChI=1S/C13H26N2O2/c1-4-5-6-9-15-10-7-8-12(11-15)13(16)14(2)17-3/h12H,4-11H2,1-3H3. The first-order chi connectivity index (χ1) is 8.19. The van der Waals surface area contributed by atoms with Crippen LogP contribution in [0, 0.1) is 5.92 Å². The Kier molecular flexibility index (Phi) is 6.52. The molecule has 1 heterocycles. The Balaban J connectivity index is 2.35. The number of piperidine rings is 1. The van der Waals surface area contributed by atoms with Crippen molar-refractivity contribution in [3.05, 3.63) is 0 Å². The van der Waals surface area contributed by atoms with Crippen molar-refractivity contribution in [3.63, 3.8) is 0 Å². The lowest BCUT2D eigenvalue weighted by molar-refractivity contribution is -0.175. The summed E-state index contributed by atoms with van der Waals surface area (Å²) in [6, 6.07) is 0. The molecule has 0 aromatic heterocycles. The van der Waals surface area contributed by atoms with E-state index in [9.17, 15) is 4.79 Å². The zero-order valence-corrected chi connectivity index (χ0v) is 11.4. The van der Waals surface area contributed by atoms with Gasteiger partial charge in [-0.05, 0) is 32.4 Å². The maximum atomic E-state index is 12.0. The minimum absolute atomic E-state index is 0.118. The molecule has 1 aliphatic rings. The predicted octanol–water partition coefficient (Wildman–Crippen LogP) is 1.91. The second-order valence-electron chi connectivity index (χ2n) is 4.87. The molecule has 1 rings (SSSR count). The Morgan fingerprint density at radius 2 is 2.24 bits per heavy atom. The van der Waals surface area contributed by atoms with Gasteiger partial charge in [0, 0.05) is 13.6 Å². The average molecular weight is 242 g/mol. The second-order valence-corrected chi connectivity index (χ2v) is 4.87. The fourth-order valence-electron chi connectivity index (χ4n) is 2.39. The van der Waals surface area contributed by atoms with Gasteiger partial charge in [0.1, 0.15) is 0 Å². The molecular weight excluding hydrogens is 216 g/mol. The highest BCUT2D eigenvalue weighted by atomic mass is 16.7. The van der Waals surface area contributed by atoms with Gasteiger partial charge in [0.15, 0.2) is 0 Å². The molecular formula is C13H26N2O2. The zero-order chi connectivity index (χ0) is 12.7. The van der Waals surface area contributed by atoms with Crippen LogP contribution in [0.5, 0.6) is 0 Å². The first-order valence-corrected chi connectivity index (χ1v) is 6.73. The largest absolute Gasteiger partial charge is 0.303 e. The maximum absolute atomic E-state index is 12.0. The molecule has 1 atom stereocenters. The minimum atomic E-state index is 0.118. The molecule has 0 saturated carbocycles. The van der Waals surface area contributed by atoms with E-state index in [0.717, 1.165) is 32.5 Å². The molecule has 0 aromatic carbocycles. The van der Waals surface area contributed by atoms with Crippen LogP contribution in [0.25, 0.3) is 0 Å². The number of rotatable bonds is 6. The fraction of sp³-hybridized carbons (Fsp3) is 0.923. The van der Waals surface area contributed by atoms with Crippen molar-refractivity contribution in [2.75, 3.05) is 33.8 Å². The molecule has 1 saturated heterocycles. The predicted molar refractivity (Wildman–Crippen MR) is 68.5 cm³/mol. The van der Waals surface area contributed by atoms with Crippen LogP contribution in [-0.2, 0) is 9.63 Å². The molecule has 1 unspecified atom stereocenters. The minimum Gasteiger partial charge on any atom is -0.303 e. The van der Waals surface area contributed by atoms with Crippen LogP contribution in [0.2, 0.25) is 0 Å².